The van der Waals surface area contributed by atoms with Gasteiger partial charge in [-0.3, -0.25) is 4.68 Å². The molecule has 0 aliphatic carbocycles. The first kappa shape index (κ1) is 13.5. The van der Waals surface area contributed by atoms with Gasteiger partial charge >= 0.3 is 0 Å². The molecule has 0 radical (unpaired) electrons. The van der Waals surface area contributed by atoms with Crippen molar-refractivity contribution < 1.29 is 13.9 Å². The molecule has 1 aromatic heterocycles. The van der Waals surface area contributed by atoms with E-state index in [1.54, 1.807) is 0 Å². The normalized spacial score (nSPS) is 28.4. The molecule has 0 bridgehead atoms. The molecule has 2 atom stereocenters. The lowest BCUT2D eigenvalue weighted by atomic mass is 9.96. The number of halogens is 2. The van der Waals surface area contributed by atoms with E-state index in [-0.39, 0.29) is 42.8 Å². The summed E-state index contributed by atoms with van der Waals surface area (Å²) in [7, 11) is 0. The zero-order valence-corrected chi connectivity index (χ0v) is 11.5. The maximum Gasteiger partial charge on any atom is 0.289 e. The number of aliphatic hydroxyl groups is 1. The Morgan fingerprint density at radius 1 is 1.55 bits per heavy atom. The van der Waals surface area contributed by atoms with E-state index < -0.39 is 5.92 Å². The highest BCUT2D eigenvalue weighted by Crippen LogP contribution is 2.41. The number of nitrogens with one attached hydrogen (secondary N) is 1. The average molecular weight is 283 g/mol. The van der Waals surface area contributed by atoms with Gasteiger partial charge in [0, 0.05) is 36.9 Å². The van der Waals surface area contributed by atoms with Crippen LogP contribution in [-0.4, -0.2) is 20.9 Å². The predicted molar refractivity (Wildman–Crippen MR) is 70.6 cm³/mol. The van der Waals surface area contributed by atoms with Gasteiger partial charge < -0.3 is 10.4 Å². The number of aliphatic hydroxyl groups excluding tert-OH is 1. The Balaban J connectivity index is 2.07. The Kier molecular flexibility index (Phi) is 3.08. The minimum atomic E-state index is -2.90. The molecule has 0 amide bonds. The Hall–Kier alpha value is -1.43. The average Bonchev–Trinajstić information content (AvgIpc) is 2.65. The van der Waals surface area contributed by atoms with E-state index in [0.717, 1.165) is 5.69 Å². The molecule has 1 aromatic rings. The van der Waals surface area contributed by atoms with Gasteiger partial charge in [0.25, 0.3) is 5.92 Å². The molecule has 2 N–H and O–H groups in total. The van der Waals surface area contributed by atoms with E-state index in [9.17, 15) is 13.9 Å². The van der Waals surface area contributed by atoms with Crippen molar-refractivity contribution in [2.45, 2.75) is 51.2 Å². The lowest BCUT2D eigenvalue weighted by molar-refractivity contribution is -0.0214. The number of hydrogen-bond donors (Lipinski definition) is 2. The second-order valence-electron chi connectivity index (χ2n) is 5.87. The minimum Gasteiger partial charge on any atom is -0.513 e. The quantitative estimate of drug-likeness (QED) is 0.779. The SMILES string of the molecule is C=C(O)[C@@H]1CCC(F)(F)c2c3c(nn2C1)C[C@@H](C)NC3. The van der Waals surface area contributed by atoms with E-state index in [1.165, 1.54) is 4.68 Å². The second kappa shape index (κ2) is 4.55. The van der Waals surface area contributed by atoms with Gasteiger partial charge in [0.2, 0.25) is 0 Å². The van der Waals surface area contributed by atoms with Gasteiger partial charge in [-0.15, -0.1) is 0 Å². The van der Waals surface area contributed by atoms with E-state index in [1.807, 2.05) is 6.92 Å². The van der Waals surface area contributed by atoms with Crippen LogP contribution in [0.25, 0.3) is 0 Å². The van der Waals surface area contributed by atoms with Crippen molar-refractivity contribution in [3.8, 4) is 0 Å². The molecule has 110 valence electrons. The van der Waals surface area contributed by atoms with Crippen LogP contribution in [0.3, 0.4) is 0 Å². The number of nitrogens with zero attached hydrogens (tertiary/aromatic N) is 2. The van der Waals surface area contributed by atoms with Crippen molar-refractivity contribution in [3.05, 3.63) is 29.3 Å². The fraction of sp³-hybridized carbons (Fsp3) is 0.643. The van der Waals surface area contributed by atoms with Crippen molar-refractivity contribution >= 4 is 0 Å². The maximum absolute atomic E-state index is 14.4. The van der Waals surface area contributed by atoms with Crippen molar-refractivity contribution in [1.82, 2.24) is 15.1 Å². The number of hydrogen-bond acceptors (Lipinski definition) is 3. The van der Waals surface area contributed by atoms with Crippen LogP contribution in [0.2, 0.25) is 0 Å². The van der Waals surface area contributed by atoms with Crippen LogP contribution < -0.4 is 5.32 Å². The second-order valence-corrected chi connectivity index (χ2v) is 5.87. The molecular weight excluding hydrogens is 264 g/mol. The standard InChI is InChI=1S/C14H19F2N3O/c1-8-5-12-11(6-17-8)13-14(15,16)4-3-10(9(2)20)7-19(13)18-12/h8,10,17,20H,2-7H2,1H3/t8-,10-/m1/s1. The highest BCUT2D eigenvalue weighted by molar-refractivity contribution is 5.33. The Morgan fingerprint density at radius 2 is 2.30 bits per heavy atom. The molecule has 2 aliphatic rings. The largest absolute Gasteiger partial charge is 0.513 e. The van der Waals surface area contributed by atoms with Crippen LogP contribution >= 0.6 is 0 Å². The summed E-state index contributed by atoms with van der Waals surface area (Å²) in [5, 5.41) is 17.1. The van der Waals surface area contributed by atoms with Crippen molar-refractivity contribution in [2.75, 3.05) is 0 Å². The minimum absolute atomic E-state index is 0.0238. The molecule has 6 heteroatoms. The van der Waals surface area contributed by atoms with Gasteiger partial charge in [-0.2, -0.15) is 13.9 Å². The van der Waals surface area contributed by atoms with E-state index in [2.05, 4.69) is 17.0 Å². The molecule has 0 fully saturated rings. The summed E-state index contributed by atoms with van der Waals surface area (Å²) in [5.41, 5.74) is 1.42. The molecule has 3 rings (SSSR count). The number of allylic oxidation sites excluding steroid dienone is 1. The smallest absolute Gasteiger partial charge is 0.289 e. The fourth-order valence-electron chi connectivity index (χ4n) is 3.12. The molecule has 0 saturated carbocycles. The molecule has 0 unspecified atom stereocenters. The summed E-state index contributed by atoms with van der Waals surface area (Å²) in [5.74, 6) is -3.28. The van der Waals surface area contributed by atoms with E-state index >= 15 is 0 Å². The van der Waals surface area contributed by atoms with Crippen LogP contribution in [0.1, 0.15) is 36.7 Å². The van der Waals surface area contributed by atoms with Crippen molar-refractivity contribution in [3.63, 3.8) is 0 Å². The van der Waals surface area contributed by atoms with Crippen LogP contribution in [-0.2, 0) is 25.4 Å². The lowest BCUT2D eigenvalue weighted by Gasteiger charge is -2.22. The summed E-state index contributed by atoms with van der Waals surface area (Å²) in [6.45, 7) is 6.23. The number of alkyl halides is 2. The summed E-state index contributed by atoms with van der Waals surface area (Å²) in [6, 6.07) is 0.249. The first-order valence-corrected chi connectivity index (χ1v) is 6.96. The summed E-state index contributed by atoms with van der Waals surface area (Å²) in [6.07, 6.45) is 0.616. The maximum atomic E-state index is 14.4. The molecule has 3 heterocycles. The van der Waals surface area contributed by atoms with Gasteiger partial charge in [-0.1, -0.05) is 6.58 Å². The van der Waals surface area contributed by atoms with Crippen molar-refractivity contribution in [1.29, 1.82) is 0 Å². The van der Waals surface area contributed by atoms with Gasteiger partial charge in [0.1, 0.15) is 5.69 Å². The van der Waals surface area contributed by atoms with Gasteiger partial charge in [0.15, 0.2) is 0 Å². The van der Waals surface area contributed by atoms with Crippen LogP contribution in [0.5, 0.6) is 0 Å². The topological polar surface area (TPSA) is 50.1 Å². The van der Waals surface area contributed by atoms with E-state index in [0.29, 0.717) is 18.5 Å². The number of aromatic nitrogens is 2. The number of rotatable bonds is 1. The third-order valence-corrected chi connectivity index (χ3v) is 4.28. The van der Waals surface area contributed by atoms with Crippen LogP contribution in [0.15, 0.2) is 12.3 Å². The molecule has 20 heavy (non-hydrogen) atoms. The molecule has 0 aromatic carbocycles. The monoisotopic (exact) mass is 283 g/mol. The predicted octanol–water partition coefficient (Wildman–Crippen LogP) is 2.49. The Morgan fingerprint density at radius 3 is 3.00 bits per heavy atom. The molecular formula is C14H19F2N3O. The summed E-state index contributed by atoms with van der Waals surface area (Å²) < 4.78 is 30.2. The van der Waals surface area contributed by atoms with E-state index in [4.69, 9.17) is 0 Å². The zero-order chi connectivity index (χ0) is 14.5. The zero-order valence-electron chi connectivity index (χ0n) is 11.5. The first-order valence-electron chi connectivity index (χ1n) is 6.96. The fourth-order valence-corrected chi connectivity index (χ4v) is 3.12. The third-order valence-electron chi connectivity index (χ3n) is 4.28. The third kappa shape index (κ3) is 2.12. The number of fused-ring (bicyclic) bond motifs is 3. The molecule has 0 saturated heterocycles. The van der Waals surface area contributed by atoms with Gasteiger partial charge in [-0.05, 0) is 13.3 Å². The summed E-state index contributed by atoms with van der Waals surface area (Å²) >= 11 is 0. The van der Waals surface area contributed by atoms with Crippen molar-refractivity contribution in [2.24, 2.45) is 5.92 Å². The van der Waals surface area contributed by atoms with Crippen LogP contribution in [0.4, 0.5) is 8.78 Å². The Labute approximate surface area is 116 Å². The highest BCUT2D eigenvalue weighted by Gasteiger charge is 2.43. The Bertz CT molecular complexity index is 553. The summed E-state index contributed by atoms with van der Waals surface area (Å²) in [4.78, 5) is 0. The molecule has 4 nitrogen and oxygen atoms in total. The first-order chi connectivity index (χ1) is 9.38. The molecule has 0 spiro atoms. The highest BCUT2D eigenvalue weighted by atomic mass is 19.3. The van der Waals surface area contributed by atoms with Crippen LogP contribution in [0, 0.1) is 5.92 Å². The van der Waals surface area contributed by atoms with Gasteiger partial charge in [0.05, 0.1) is 18.0 Å². The van der Waals surface area contributed by atoms with Gasteiger partial charge in [-0.25, -0.2) is 0 Å². The lowest BCUT2D eigenvalue weighted by Crippen LogP contribution is -2.33. The molecule has 2 aliphatic heterocycles.